The summed E-state index contributed by atoms with van der Waals surface area (Å²) in [6, 6.07) is 9.62. The Kier molecular flexibility index (Phi) is 4.13. The highest BCUT2D eigenvalue weighted by molar-refractivity contribution is 7.92. The SMILES string of the molecule is Cc1n[nH]c(C)c1NS(=O)(=O)CC(C)c1ccccc1. The van der Waals surface area contributed by atoms with Crippen molar-refractivity contribution in [3.8, 4) is 0 Å². The number of nitrogens with zero attached hydrogens (tertiary/aromatic N) is 1. The third kappa shape index (κ3) is 3.39. The average molecular weight is 293 g/mol. The first-order chi connectivity index (χ1) is 9.39. The Morgan fingerprint density at radius 1 is 1.25 bits per heavy atom. The topological polar surface area (TPSA) is 74.8 Å². The van der Waals surface area contributed by atoms with Gasteiger partial charge in [0.2, 0.25) is 10.0 Å². The van der Waals surface area contributed by atoms with Crippen molar-refractivity contribution in [1.29, 1.82) is 0 Å². The number of H-pyrrole nitrogens is 1. The van der Waals surface area contributed by atoms with Gasteiger partial charge in [0.25, 0.3) is 0 Å². The summed E-state index contributed by atoms with van der Waals surface area (Å²) in [6.45, 7) is 5.46. The standard InChI is InChI=1S/C14H19N3O2S/c1-10(13-7-5-4-6-8-13)9-20(18,19)17-14-11(2)15-16-12(14)3/h4-8,10,17H,9H2,1-3H3,(H,15,16). The van der Waals surface area contributed by atoms with Crippen molar-refractivity contribution in [2.45, 2.75) is 26.7 Å². The number of benzene rings is 1. The first-order valence-electron chi connectivity index (χ1n) is 6.46. The summed E-state index contributed by atoms with van der Waals surface area (Å²) >= 11 is 0. The van der Waals surface area contributed by atoms with Crippen molar-refractivity contribution in [1.82, 2.24) is 10.2 Å². The molecule has 6 heteroatoms. The van der Waals surface area contributed by atoms with Gasteiger partial charge >= 0.3 is 0 Å². The predicted octanol–water partition coefficient (Wildman–Crippen LogP) is 2.57. The van der Waals surface area contributed by atoms with Crippen LogP contribution < -0.4 is 4.72 Å². The molecule has 0 aliphatic heterocycles. The van der Waals surface area contributed by atoms with Crippen LogP contribution in [0.25, 0.3) is 0 Å². The fourth-order valence-electron chi connectivity index (χ4n) is 2.11. The largest absolute Gasteiger partial charge is 0.280 e. The van der Waals surface area contributed by atoms with Gasteiger partial charge in [0.1, 0.15) is 0 Å². The summed E-state index contributed by atoms with van der Waals surface area (Å²) in [5.74, 6) is -0.0256. The molecule has 1 heterocycles. The van der Waals surface area contributed by atoms with E-state index in [1.54, 1.807) is 13.8 Å². The molecule has 0 bridgehead atoms. The van der Waals surface area contributed by atoms with E-state index in [1.165, 1.54) is 0 Å². The summed E-state index contributed by atoms with van der Waals surface area (Å²) in [4.78, 5) is 0. The number of aromatic nitrogens is 2. The minimum Gasteiger partial charge on any atom is -0.280 e. The lowest BCUT2D eigenvalue weighted by atomic mass is 10.0. The zero-order valence-corrected chi connectivity index (χ0v) is 12.7. The maximum atomic E-state index is 12.2. The lowest BCUT2D eigenvalue weighted by Gasteiger charge is -2.14. The molecular formula is C14H19N3O2S. The molecule has 108 valence electrons. The van der Waals surface area contributed by atoms with Crippen LogP contribution in [0.3, 0.4) is 0 Å². The van der Waals surface area contributed by atoms with E-state index in [2.05, 4.69) is 14.9 Å². The van der Waals surface area contributed by atoms with Gasteiger partial charge in [-0.25, -0.2) is 8.42 Å². The van der Waals surface area contributed by atoms with Gasteiger partial charge in [0.05, 0.1) is 22.8 Å². The Labute approximate surface area is 119 Å². The fraction of sp³-hybridized carbons (Fsp3) is 0.357. The summed E-state index contributed by atoms with van der Waals surface area (Å²) in [5, 5.41) is 6.75. The van der Waals surface area contributed by atoms with Crippen molar-refractivity contribution >= 4 is 15.7 Å². The van der Waals surface area contributed by atoms with Gasteiger partial charge in [-0.1, -0.05) is 37.3 Å². The first-order valence-corrected chi connectivity index (χ1v) is 8.11. The predicted molar refractivity (Wildman–Crippen MR) is 80.3 cm³/mol. The number of aryl methyl sites for hydroxylation is 2. The Hall–Kier alpha value is -1.82. The van der Waals surface area contributed by atoms with Crippen molar-refractivity contribution in [3.05, 3.63) is 47.3 Å². The summed E-state index contributed by atoms with van der Waals surface area (Å²) < 4.78 is 27.1. The monoisotopic (exact) mass is 293 g/mol. The highest BCUT2D eigenvalue weighted by Gasteiger charge is 2.19. The molecule has 0 fully saturated rings. The van der Waals surface area contributed by atoms with Crippen LogP contribution in [-0.4, -0.2) is 24.4 Å². The molecule has 2 rings (SSSR count). The summed E-state index contributed by atoms with van der Waals surface area (Å²) in [7, 11) is -3.41. The molecule has 5 nitrogen and oxygen atoms in total. The number of nitrogens with one attached hydrogen (secondary N) is 2. The molecule has 0 saturated heterocycles. The van der Waals surface area contributed by atoms with Crippen LogP contribution in [-0.2, 0) is 10.0 Å². The Morgan fingerprint density at radius 2 is 1.90 bits per heavy atom. The number of aromatic amines is 1. The van der Waals surface area contributed by atoms with Gasteiger partial charge in [-0.05, 0) is 25.3 Å². The molecule has 2 N–H and O–H groups in total. The van der Waals surface area contributed by atoms with E-state index < -0.39 is 10.0 Å². The number of rotatable bonds is 5. The van der Waals surface area contributed by atoms with Crippen molar-refractivity contribution in [2.75, 3.05) is 10.5 Å². The van der Waals surface area contributed by atoms with E-state index in [1.807, 2.05) is 37.3 Å². The molecule has 20 heavy (non-hydrogen) atoms. The van der Waals surface area contributed by atoms with Gasteiger partial charge in [-0.15, -0.1) is 0 Å². The van der Waals surface area contributed by atoms with Gasteiger partial charge in [0, 0.05) is 0 Å². The molecule has 0 radical (unpaired) electrons. The lowest BCUT2D eigenvalue weighted by Crippen LogP contribution is -2.21. The van der Waals surface area contributed by atoms with E-state index in [0.29, 0.717) is 11.4 Å². The second-order valence-electron chi connectivity index (χ2n) is 5.00. The third-order valence-corrected chi connectivity index (χ3v) is 4.68. The van der Waals surface area contributed by atoms with Crippen LogP contribution in [0.4, 0.5) is 5.69 Å². The zero-order valence-electron chi connectivity index (χ0n) is 11.8. The quantitative estimate of drug-likeness (QED) is 0.889. The van der Waals surface area contributed by atoms with Crippen molar-refractivity contribution in [2.24, 2.45) is 0 Å². The molecule has 1 aromatic carbocycles. The Bertz CT molecular complexity index is 658. The van der Waals surface area contributed by atoms with Crippen LogP contribution in [0.15, 0.2) is 30.3 Å². The normalized spacial score (nSPS) is 13.2. The van der Waals surface area contributed by atoms with E-state index in [0.717, 1.165) is 11.3 Å². The average Bonchev–Trinajstić information content (AvgIpc) is 2.70. The van der Waals surface area contributed by atoms with E-state index in [9.17, 15) is 8.42 Å². The van der Waals surface area contributed by atoms with Gasteiger partial charge in [0.15, 0.2) is 0 Å². The van der Waals surface area contributed by atoms with Crippen LogP contribution in [0.2, 0.25) is 0 Å². The zero-order chi connectivity index (χ0) is 14.8. The van der Waals surface area contributed by atoms with Gasteiger partial charge in [-0.2, -0.15) is 5.10 Å². The fourth-order valence-corrected chi connectivity index (χ4v) is 3.65. The molecule has 1 unspecified atom stereocenters. The number of hydrogen-bond acceptors (Lipinski definition) is 3. The van der Waals surface area contributed by atoms with Crippen molar-refractivity contribution < 1.29 is 8.42 Å². The van der Waals surface area contributed by atoms with E-state index in [-0.39, 0.29) is 11.7 Å². The number of anilines is 1. The molecule has 0 amide bonds. The van der Waals surface area contributed by atoms with Crippen LogP contribution >= 0.6 is 0 Å². The molecule has 1 atom stereocenters. The van der Waals surface area contributed by atoms with Gasteiger partial charge < -0.3 is 0 Å². The van der Waals surface area contributed by atoms with Crippen LogP contribution in [0.1, 0.15) is 29.8 Å². The molecule has 0 saturated carbocycles. The molecule has 0 aliphatic carbocycles. The van der Waals surface area contributed by atoms with Gasteiger partial charge in [-0.3, -0.25) is 9.82 Å². The lowest BCUT2D eigenvalue weighted by molar-refractivity contribution is 0.595. The van der Waals surface area contributed by atoms with Crippen LogP contribution in [0, 0.1) is 13.8 Å². The molecule has 0 aliphatic rings. The molecule has 0 spiro atoms. The summed E-state index contributed by atoms with van der Waals surface area (Å²) in [5.41, 5.74) is 2.93. The smallest absolute Gasteiger partial charge is 0.233 e. The first kappa shape index (κ1) is 14.6. The summed E-state index contributed by atoms with van der Waals surface area (Å²) in [6.07, 6.45) is 0. The highest BCUT2D eigenvalue weighted by atomic mass is 32.2. The third-order valence-electron chi connectivity index (χ3n) is 3.22. The minimum atomic E-state index is -3.41. The number of hydrogen-bond donors (Lipinski definition) is 2. The molecular weight excluding hydrogens is 274 g/mol. The Morgan fingerprint density at radius 3 is 2.45 bits per heavy atom. The maximum absolute atomic E-state index is 12.2. The van der Waals surface area contributed by atoms with E-state index >= 15 is 0 Å². The number of sulfonamides is 1. The van der Waals surface area contributed by atoms with E-state index in [4.69, 9.17) is 0 Å². The second-order valence-corrected chi connectivity index (χ2v) is 6.77. The van der Waals surface area contributed by atoms with Crippen molar-refractivity contribution in [3.63, 3.8) is 0 Å². The molecule has 1 aromatic heterocycles. The maximum Gasteiger partial charge on any atom is 0.233 e. The van der Waals surface area contributed by atoms with Crippen LogP contribution in [0.5, 0.6) is 0 Å². The molecule has 2 aromatic rings. The minimum absolute atomic E-state index is 0.0427. The highest BCUT2D eigenvalue weighted by Crippen LogP contribution is 2.21. The second kappa shape index (κ2) is 5.66. The Balaban J connectivity index is 2.12.